The Hall–Kier alpha value is -2.30. The highest BCUT2D eigenvalue weighted by Gasteiger charge is 2.14. The minimum absolute atomic E-state index is 0.311. The third-order valence-electron chi connectivity index (χ3n) is 3.90. The molecule has 0 saturated heterocycles. The molecule has 0 fully saturated rings. The van der Waals surface area contributed by atoms with Crippen molar-refractivity contribution in [2.45, 2.75) is 19.2 Å². The number of benzene rings is 2. The van der Waals surface area contributed by atoms with E-state index in [0.717, 1.165) is 16.6 Å². The molecule has 3 aromatic rings. The van der Waals surface area contributed by atoms with Crippen molar-refractivity contribution in [2.75, 3.05) is 0 Å². The zero-order chi connectivity index (χ0) is 16.4. The Balaban J connectivity index is 2.02. The molecule has 0 aliphatic rings. The fraction of sp³-hybridized carbons (Fsp3) is 0.167. The maximum atomic E-state index is 10.5. The summed E-state index contributed by atoms with van der Waals surface area (Å²) in [6, 6.07) is 14.9. The van der Waals surface area contributed by atoms with Crippen LogP contribution in [-0.4, -0.2) is 14.2 Å². The van der Waals surface area contributed by atoms with E-state index in [-0.39, 0.29) is 0 Å². The minimum atomic E-state index is -0.704. The molecule has 0 radical (unpaired) electrons. The van der Waals surface area contributed by atoms with Crippen molar-refractivity contribution in [2.24, 2.45) is 0 Å². The molecule has 1 heterocycles. The van der Waals surface area contributed by atoms with E-state index in [0.29, 0.717) is 23.7 Å². The number of aliphatic hydroxyl groups excluding tert-OH is 1. The minimum Gasteiger partial charge on any atom is -0.387 e. The molecule has 0 aliphatic carbocycles. The van der Waals surface area contributed by atoms with Gasteiger partial charge in [-0.2, -0.15) is 0 Å². The average molecular weight is 328 g/mol. The Morgan fingerprint density at radius 2 is 1.70 bits per heavy atom. The van der Waals surface area contributed by atoms with Crippen molar-refractivity contribution in [1.29, 1.82) is 5.41 Å². The van der Waals surface area contributed by atoms with Crippen LogP contribution in [0.25, 0.3) is 11.0 Å². The van der Waals surface area contributed by atoms with Gasteiger partial charge in [0, 0.05) is 11.6 Å². The zero-order valence-corrected chi connectivity index (χ0v) is 13.4. The number of aliphatic hydroxyl groups is 1. The number of aromatic nitrogens is 2. The van der Waals surface area contributed by atoms with Gasteiger partial charge in [0.05, 0.1) is 23.7 Å². The monoisotopic (exact) mass is 327 g/mol. The van der Waals surface area contributed by atoms with Crippen LogP contribution in [0.5, 0.6) is 0 Å². The summed E-state index contributed by atoms with van der Waals surface area (Å²) in [6.07, 6.45) is 1.06. The first-order chi connectivity index (χ1) is 11.1. The van der Waals surface area contributed by atoms with Gasteiger partial charge in [-0.15, -0.1) is 6.58 Å². The van der Waals surface area contributed by atoms with Crippen molar-refractivity contribution >= 4 is 22.6 Å². The summed E-state index contributed by atoms with van der Waals surface area (Å²) in [7, 11) is 0. The van der Waals surface area contributed by atoms with E-state index in [2.05, 4.69) is 6.58 Å². The van der Waals surface area contributed by atoms with Gasteiger partial charge in [-0.25, -0.2) is 0 Å². The lowest BCUT2D eigenvalue weighted by Gasteiger charge is -2.13. The molecule has 0 spiro atoms. The van der Waals surface area contributed by atoms with Crippen molar-refractivity contribution in [1.82, 2.24) is 9.13 Å². The number of hydrogen-bond acceptors (Lipinski definition) is 2. The molecular formula is C18H18ClN3O. The maximum absolute atomic E-state index is 10.5. The van der Waals surface area contributed by atoms with E-state index in [1.807, 2.05) is 33.4 Å². The summed E-state index contributed by atoms with van der Waals surface area (Å²) in [5.74, 6) is 0. The molecule has 5 heteroatoms. The van der Waals surface area contributed by atoms with Crippen LogP contribution in [-0.2, 0) is 13.1 Å². The van der Waals surface area contributed by atoms with E-state index in [9.17, 15) is 5.11 Å². The lowest BCUT2D eigenvalue weighted by Crippen LogP contribution is -2.26. The molecule has 2 aromatic carbocycles. The number of imidazole rings is 1. The highest BCUT2D eigenvalue weighted by atomic mass is 35.5. The van der Waals surface area contributed by atoms with Crippen LogP contribution in [0, 0.1) is 5.41 Å². The van der Waals surface area contributed by atoms with E-state index in [4.69, 9.17) is 17.0 Å². The molecule has 118 valence electrons. The second kappa shape index (κ2) is 6.44. The van der Waals surface area contributed by atoms with Crippen LogP contribution in [0.1, 0.15) is 11.7 Å². The summed E-state index contributed by atoms with van der Waals surface area (Å²) >= 11 is 5.89. The largest absolute Gasteiger partial charge is 0.387 e. The van der Waals surface area contributed by atoms with Gasteiger partial charge in [0.2, 0.25) is 5.62 Å². The molecule has 0 bridgehead atoms. The van der Waals surface area contributed by atoms with Crippen molar-refractivity contribution in [3.05, 3.63) is 77.4 Å². The predicted molar refractivity (Wildman–Crippen MR) is 92.4 cm³/mol. The van der Waals surface area contributed by atoms with Crippen LogP contribution >= 0.6 is 11.6 Å². The van der Waals surface area contributed by atoms with Crippen LogP contribution in [0.4, 0.5) is 0 Å². The number of nitrogens with zero attached hydrogens (tertiary/aromatic N) is 2. The number of halogens is 1. The summed E-state index contributed by atoms with van der Waals surface area (Å²) in [6.45, 7) is 4.62. The third kappa shape index (κ3) is 2.96. The Morgan fingerprint density at radius 3 is 2.30 bits per heavy atom. The first-order valence-electron chi connectivity index (χ1n) is 7.39. The SMILES string of the molecule is C=CCn1c(=N)n(C[C@H](O)c2ccc(Cl)cc2)c2ccccc21. The number of fused-ring (bicyclic) bond motifs is 1. The van der Waals surface area contributed by atoms with E-state index in [1.165, 1.54) is 0 Å². The summed E-state index contributed by atoms with van der Waals surface area (Å²) in [4.78, 5) is 0. The fourth-order valence-electron chi connectivity index (χ4n) is 2.76. The smallest absolute Gasteiger partial charge is 0.203 e. The predicted octanol–water partition coefficient (Wildman–Crippen LogP) is 3.50. The number of hydrogen-bond donors (Lipinski definition) is 2. The molecule has 23 heavy (non-hydrogen) atoms. The van der Waals surface area contributed by atoms with Gasteiger partial charge < -0.3 is 14.2 Å². The Kier molecular flexibility index (Phi) is 4.37. The van der Waals surface area contributed by atoms with Gasteiger partial charge in [-0.3, -0.25) is 5.41 Å². The number of para-hydroxylation sites is 2. The van der Waals surface area contributed by atoms with Gasteiger partial charge in [0.15, 0.2) is 0 Å². The van der Waals surface area contributed by atoms with Crippen LogP contribution < -0.4 is 5.62 Å². The van der Waals surface area contributed by atoms with Gasteiger partial charge in [0.1, 0.15) is 0 Å². The van der Waals surface area contributed by atoms with Crippen LogP contribution in [0.3, 0.4) is 0 Å². The normalized spacial score (nSPS) is 12.4. The van der Waals surface area contributed by atoms with E-state index in [1.54, 1.807) is 30.3 Å². The standard InChI is InChI=1S/C18H18ClN3O/c1-2-11-21-15-5-3-4-6-16(15)22(18(21)20)12-17(23)13-7-9-14(19)10-8-13/h2-10,17,20,23H,1,11-12H2/t17-/m0/s1. The molecule has 0 amide bonds. The quantitative estimate of drug-likeness (QED) is 0.692. The van der Waals surface area contributed by atoms with Gasteiger partial charge in [0.25, 0.3) is 0 Å². The van der Waals surface area contributed by atoms with Crippen LogP contribution in [0.2, 0.25) is 5.02 Å². The Bertz CT molecular complexity index is 893. The summed E-state index contributed by atoms with van der Waals surface area (Å²) in [5.41, 5.74) is 3.01. The maximum Gasteiger partial charge on any atom is 0.203 e. The van der Waals surface area contributed by atoms with Gasteiger partial charge >= 0.3 is 0 Å². The van der Waals surface area contributed by atoms with Gasteiger partial charge in [-0.05, 0) is 29.8 Å². The fourth-order valence-corrected chi connectivity index (χ4v) is 2.88. The van der Waals surface area contributed by atoms with Crippen molar-refractivity contribution in [3.8, 4) is 0 Å². The van der Waals surface area contributed by atoms with Crippen molar-refractivity contribution in [3.63, 3.8) is 0 Å². The molecule has 1 atom stereocenters. The number of allylic oxidation sites excluding steroid dienone is 1. The molecule has 0 unspecified atom stereocenters. The lowest BCUT2D eigenvalue weighted by molar-refractivity contribution is 0.156. The number of rotatable bonds is 5. The molecular weight excluding hydrogens is 310 g/mol. The summed E-state index contributed by atoms with van der Waals surface area (Å²) in [5, 5.41) is 19.6. The topological polar surface area (TPSA) is 53.9 Å². The Morgan fingerprint density at radius 1 is 1.09 bits per heavy atom. The highest BCUT2D eigenvalue weighted by Crippen LogP contribution is 2.20. The molecule has 4 nitrogen and oxygen atoms in total. The van der Waals surface area contributed by atoms with E-state index < -0.39 is 6.10 Å². The molecule has 0 aliphatic heterocycles. The average Bonchev–Trinajstić information content (AvgIpc) is 2.82. The molecule has 1 aromatic heterocycles. The zero-order valence-electron chi connectivity index (χ0n) is 12.6. The first kappa shape index (κ1) is 15.6. The lowest BCUT2D eigenvalue weighted by atomic mass is 10.1. The Labute approximate surface area is 139 Å². The second-order valence-electron chi connectivity index (χ2n) is 5.39. The first-order valence-corrected chi connectivity index (χ1v) is 7.76. The molecule has 2 N–H and O–H groups in total. The highest BCUT2D eigenvalue weighted by molar-refractivity contribution is 6.30. The van der Waals surface area contributed by atoms with Gasteiger partial charge in [-0.1, -0.05) is 41.9 Å². The number of nitrogens with one attached hydrogen (secondary N) is 1. The second-order valence-corrected chi connectivity index (χ2v) is 5.83. The van der Waals surface area contributed by atoms with Crippen molar-refractivity contribution < 1.29 is 5.11 Å². The van der Waals surface area contributed by atoms with Crippen LogP contribution in [0.15, 0.2) is 61.2 Å². The third-order valence-corrected chi connectivity index (χ3v) is 4.15. The molecule has 3 rings (SSSR count). The van der Waals surface area contributed by atoms with E-state index >= 15 is 0 Å². The molecule has 0 saturated carbocycles. The summed E-state index contributed by atoms with van der Waals surface area (Å²) < 4.78 is 3.69.